The van der Waals surface area contributed by atoms with Crippen molar-refractivity contribution in [1.29, 1.82) is 0 Å². The van der Waals surface area contributed by atoms with E-state index < -0.39 is 18.2 Å². The van der Waals surface area contributed by atoms with E-state index in [1.807, 2.05) is 33.7 Å². The molecule has 8 aliphatic rings. The largest absolute Gasteiger partial charge is 0.508 e. The van der Waals surface area contributed by atoms with Crippen molar-refractivity contribution in [1.82, 2.24) is 16.0 Å². The highest BCUT2D eigenvalue weighted by molar-refractivity contribution is 8.76. The van der Waals surface area contributed by atoms with E-state index in [9.17, 15) is 20.1 Å². The van der Waals surface area contributed by atoms with Crippen molar-refractivity contribution < 1.29 is 43.8 Å². The minimum Gasteiger partial charge on any atom is -0.508 e. The van der Waals surface area contributed by atoms with Crippen molar-refractivity contribution in [2.75, 3.05) is 52.1 Å². The maximum absolute atomic E-state index is 13.0. The third-order valence-electron chi connectivity index (χ3n) is 16.9. The van der Waals surface area contributed by atoms with Crippen molar-refractivity contribution in [3.8, 4) is 51.7 Å². The Bertz CT molecular complexity index is 2790. The number of methoxy groups -OCH3 is 2. The highest BCUT2D eigenvalue weighted by Gasteiger charge is 2.52. The smallest absolute Gasteiger partial charge is 0.302 e. The number of ether oxygens (including phenoxy) is 5. The summed E-state index contributed by atoms with van der Waals surface area (Å²) >= 11 is 0. The number of aliphatic hydroxyl groups is 1. The summed E-state index contributed by atoms with van der Waals surface area (Å²) in [5.74, 6) is 11.0. The normalized spacial score (nSPS) is 28.8. The predicted octanol–water partition coefficient (Wildman–Crippen LogP) is 8.22. The number of phenols is 2. The van der Waals surface area contributed by atoms with Crippen LogP contribution in [0.1, 0.15) is 116 Å². The number of aromatic hydroxyl groups is 2. The fourth-order valence-corrected chi connectivity index (χ4v) is 16.1. The van der Waals surface area contributed by atoms with Crippen LogP contribution >= 0.6 is 21.6 Å². The number of esters is 1. The van der Waals surface area contributed by atoms with E-state index in [0.717, 1.165) is 106 Å². The number of carbonyl (C=O) groups is 1. The standard InChI is InChI=1S/C58H70N4O9S2/c1-32(64)69-29-45-41-11-12-42-51-37(22-39(65)23-48(51)68-3)25-58-18-16-33(24-58)20-36-10-15-50(59)62-46(36)9-5-8-40-44(27-60-26-35(28-63)17-19-67-2)54(66)57-43(52(40)55(45)71-56(41)53(42)58)13-14-47-49(70-57)31-73-72-30-34-6-4-7-38(21-34)61-47/h10-15,22-23,33-35,38,45,47,49-50,55,60-63,65-66H,4,6-8,16-21,24-31,59H2,1-3H3/t33-,34-,35+,38+,45+,47+,49-,50?,55+,58-/m1/s1. The number of benzene rings is 3. The number of nitrogens with one attached hydrogen (secondary N) is 3. The van der Waals surface area contributed by atoms with Crippen LogP contribution in [0, 0.1) is 29.6 Å². The van der Waals surface area contributed by atoms with Crippen molar-refractivity contribution in [2.45, 2.75) is 126 Å². The Morgan fingerprint density at radius 3 is 2.78 bits per heavy atom. The lowest BCUT2D eigenvalue weighted by Gasteiger charge is -2.39. The number of hydrogen-bond acceptors (Lipinski definition) is 15. The molecule has 1 unspecified atom stereocenters. The van der Waals surface area contributed by atoms with Gasteiger partial charge in [-0.1, -0.05) is 64.3 Å². The summed E-state index contributed by atoms with van der Waals surface area (Å²) in [6.45, 7) is 2.72. The fourth-order valence-electron chi connectivity index (χ4n) is 13.5. The molecule has 0 radical (unpaired) electrons. The summed E-state index contributed by atoms with van der Waals surface area (Å²) in [6, 6.07) is 8.13. The molecule has 5 heterocycles. The summed E-state index contributed by atoms with van der Waals surface area (Å²) in [5.41, 5.74) is 16.2. The Morgan fingerprint density at radius 1 is 1.07 bits per heavy atom. The average Bonchev–Trinajstić information content (AvgIpc) is 3.89. The number of fused-ring (bicyclic) bond motifs is 11. The molecule has 11 rings (SSSR count). The van der Waals surface area contributed by atoms with Crippen LogP contribution in [0.25, 0.3) is 17.2 Å². The van der Waals surface area contributed by atoms with Gasteiger partial charge in [-0.15, -0.1) is 0 Å². The number of rotatable bonds is 11. The van der Waals surface area contributed by atoms with Gasteiger partial charge in [-0.2, -0.15) is 0 Å². The van der Waals surface area contributed by atoms with Crippen LogP contribution in [0.4, 0.5) is 0 Å². The summed E-state index contributed by atoms with van der Waals surface area (Å²) in [7, 11) is 7.08. The third kappa shape index (κ3) is 9.86. The predicted molar refractivity (Wildman–Crippen MR) is 287 cm³/mol. The molecule has 388 valence electrons. The van der Waals surface area contributed by atoms with E-state index in [2.05, 4.69) is 58.2 Å². The Kier molecular flexibility index (Phi) is 14.8. The molecular weight excluding hydrogens is 961 g/mol. The van der Waals surface area contributed by atoms with Crippen molar-refractivity contribution >= 4 is 33.6 Å². The van der Waals surface area contributed by atoms with E-state index in [1.165, 1.54) is 19.8 Å². The maximum atomic E-state index is 13.0. The molecular formula is C58H70N4O9S2. The second-order valence-electron chi connectivity index (χ2n) is 21.6. The minimum atomic E-state index is -0.707. The Morgan fingerprint density at radius 2 is 1.95 bits per heavy atom. The molecule has 10 atom stereocenters. The quantitative estimate of drug-likeness (QED) is 0.0553. The molecule has 13 nitrogen and oxygen atoms in total. The molecule has 0 amide bonds. The molecule has 3 aromatic rings. The van der Waals surface area contributed by atoms with E-state index in [-0.39, 0.29) is 67.1 Å². The Balaban J connectivity index is 1.15. The molecule has 2 saturated carbocycles. The number of allylic oxidation sites excluding steroid dienone is 3. The lowest BCUT2D eigenvalue weighted by molar-refractivity contribution is -0.141. The zero-order valence-electron chi connectivity index (χ0n) is 42.2. The van der Waals surface area contributed by atoms with Gasteiger partial charge < -0.3 is 60.7 Å². The summed E-state index contributed by atoms with van der Waals surface area (Å²) in [6.07, 6.45) is 16.9. The van der Waals surface area contributed by atoms with E-state index in [0.29, 0.717) is 66.7 Å². The summed E-state index contributed by atoms with van der Waals surface area (Å²) in [4.78, 5) is 13.0. The van der Waals surface area contributed by atoms with Crippen LogP contribution in [-0.4, -0.2) is 97.7 Å². The van der Waals surface area contributed by atoms with Crippen molar-refractivity contribution in [3.63, 3.8) is 0 Å². The van der Waals surface area contributed by atoms with Crippen LogP contribution < -0.4 is 35.9 Å². The number of dihydropyridines is 1. The number of carbonyl (C=O) groups excluding carboxylic acids is 1. The van der Waals surface area contributed by atoms with Gasteiger partial charge in [-0.3, -0.25) is 4.79 Å². The highest BCUT2D eigenvalue weighted by atomic mass is 33.1. The number of hydrogen-bond donors (Lipinski definition) is 7. The molecule has 5 aliphatic heterocycles. The van der Waals surface area contributed by atoms with Crippen LogP contribution in [0.15, 0.2) is 53.8 Å². The van der Waals surface area contributed by atoms with Gasteiger partial charge in [0, 0.05) is 109 Å². The monoisotopic (exact) mass is 1030 g/mol. The molecule has 15 heteroatoms. The molecule has 73 heavy (non-hydrogen) atoms. The van der Waals surface area contributed by atoms with Crippen molar-refractivity contribution in [3.05, 3.63) is 92.7 Å². The van der Waals surface area contributed by atoms with Gasteiger partial charge in [0.25, 0.3) is 0 Å². The molecule has 3 fully saturated rings. The Hall–Kier alpha value is -4.79. The van der Waals surface area contributed by atoms with Gasteiger partial charge in [0.15, 0.2) is 11.5 Å². The number of nitrogens with two attached hydrogens (primary N) is 1. The zero-order chi connectivity index (χ0) is 50.4. The second kappa shape index (κ2) is 21.4. The first kappa shape index (κ1) is 50.4. The second-order valence-corrected chi connectivity index (χ2v) is 24.2. The average molecular weight is 1030 g/mol. The lowest BCUT2D eigenvalue weighted by Crippen LogP contribution is -2.49. The van der Waals surface area contributed by atoms with Crippen LogP contribution in [0.2, 0.25) is 0 Å². The van der Waals surface area contributed by atoms with Gasteiger partial charge >= 0.3 is 5.97 Å². The molecule has 0 aromatic heterocycles. The number of aliphatic hydroxyl groups excluding tert-OH is 1. The van der Waals surface area contributed by atoms with Gasteiger partial charge in [0.2, 0.25) is 0 Å². The highest BCUT2D eigenvalue weighted by Crippen LogP contribution is 2.63. The molecule has 3 aromatic carbocycles. The first-order valence-corrected chi connectivity index (χ1v) is 28.9. The molecule has 6 bridgehead atoms. The zero-order valence-corrected chi connectivity index (χ0v) is 43.9. The van der Waals surface area contributed by atoms with E-state index >= 15 is 0 Å². The van der Waals surface area contributed by atoms with Gasteiger partial charge in [-0.25, -0.2) is 0 Å². The minimum absolute atomic E-state index is 0.0191. The fraction of sp³-hybridized carbons (Fsp3) is 0.534. The van der Waals surface area contributed by atoms with Crippen LogP contribution in [-0.2, 0) is 39.1 Å². The van der Waals surface area contributed by atoms with Crippen LogP contribution in [0.5, 0.6) is 28.7 Å². The lowest BCUT2D eigenvalue weighted by atomic mass is 9.65. The molecule has 8 N–H and O–H groups in total. The first-order chi connectivity index (χ1) is 35.5. The molecule has 3 aliphatic carbocycles. The van der Waals surface area contributed by atoms with E-state index in [1.54, 1.807) is 20.3 Å². The number of phenolic OH excluding ortho intramolecular Hbond substituents is 2. The van der Waals surface area contributed by atoms with Crippen molar-refractivity contribution in [2.24, 2.45) is 23.5 Å². The van der Waals surface area contributed by atoms with Gasteiger partial charge in [0.1, 0.15) is 36.1 Å². The Labute approximate surface area is 437 Å². The van der Waals surface area contributed by atoms with Gasteiger partial charge in [-0.05, 0) is 116 Å². The molecule has 1 saturated heterocycles. The molecule has 1 spiro atoms. The summed E-state index contributed by atoms with van der Waals surface area (Å²) in [5, 5.41) is 45.7. The van der Waals surface area contributed by atoms with Gasteiger partial charge in [0.05, 0.1) is 30.9 Å². The summed E-state index contributed by atoms with van der Waals surface area (Å²) < 4.78 is 32.6. The first-order valence-electron chi connectivity index (χ1n) is 26.4. The third-order valence-corrected chi connectivity index (χ3v) is 19.5. The van der Waals surface area contributed by atoms with Crippen LogP contribution in [0.3, 0.4) is 0 Å². The van der Waals surface area contributed by atoms with E-state index in [4.69, 9.17) is 29.4 Å². The maximum Gasteiger partial charge on any atom is 0.302 e. The SMILES string of the molecule is COCC[C@H](CO)CNCc1c(O)c2c(c3c1CC#CC1=C(C=CC(N)N1)C[C@H]1CC[C@]4(Cc5cc(O)cc(OC)c5-c5ccc6c(c54)O[C@H]3[C@H]6COC(C)=O)C1)C=C[C@@H]1N[C@H]3CCC[C@@H](CSSC[C@H]1O2)C3. The topological polar surface area (TPSA) is 186 Å².